The number of amides is 1. The smallest absolute Gasteiger partial charge is 0.223 e. The minimum atomic E-state index is 0.223. The Balaban J connectivity index is 1.59. The van der Waals surface area contributed by atoms with Crippen molar-refractivity contribution in [2.75, 3.05) is 7.11 Å². The number of benzene rings is 1. The summed E-state index contributed by atoms with van der Waals surface area (Å²) < 4.78 is 5.23. The number of nitrogens with zero attached hydrogens (tertiary/aromatic N) is 2. The number of aromatic nitrogens is 1. The summed E-state index contributed by atoms with van der Waals surface area (Å²) in [7, 11) is 1.66. The molecule has 0 N–H and O–H groups in total. The fourth-order valence-corrected chi connectivity index (χ4v) is 3.12. The fraction of sp³-hybridized carbons (Fsp3) is 0.412. The lowest BCUT2D eigenvalue weighted by Gasteiger charge is -2.21. The van der Waals surface area contributed by atoms with E-state index >= 15 is 0 Å². The van der Waals surface area contributed by atoms with E-state index < -0.39 is 0 Å². The number of hydrogen-bond donors (Lipinski definition) is 0. The molecule has 1 aliphatic rings. The lowest BCUT2D eigenvalue weighted by atomic mass is 10.1. The van der Waals surface area contributed by atoms with Gasteiger partial charge in [-0.05, 0) is 37.0 Å². The van der Waals surface area contributed by atoms with E-state index in [-0.39, 0.29) is 5.91 Å². The van der Waals surface area contributed by atoms with Crippen LogP contribution in [0.3, 0.4) is 0 Å². The first-order chi connectivity index (χ1) is 10.8. The lowest BCUT2D eigenvalue weighted by Crippen LogP contribution is -2.32. The first-order valence-electron chi connectivity index (χ1n) is 7.57. The maximum Gasteiger partial charge on any atom is 0.223 e. The van der Waals surface area contributed by atoms with Gasteiger partial charge >= 0.3 is 0 Å². The van der Waals surface area contributed by atoms with E-state index in [1.54, 1.807) is 24.6 Å². The molecule has 1 saturated carbocycles. The van der Waals surface area contributed by atoms with Crippen molar-refractivity contribution < 1.29 is 9.53 Å². The Hall–Kier alpha value is -1.88. The van der Waals surface area contributed by atoms with Crippen LogP contribution in [0.5, 0.6) is 5.75 Å². The number of carbonyl (C=O) groups is 1. The van der Waals surface area contributed by atoms with Crippen molar-refractivity contribution in [3.05, 3.63) is 46.4 Å². The highest BCUT2D eigenvalue weighted by Crippen LogP contribution is 2.29. The Kier molecular flexibility index (Phi) is 4.73. The summed E-state index contributed by atoms with van der Waals surface area (Å²) in [5, 5.41) is 2.97. The van der Waals surface area contributed by atoms with Crippen molar-refractivity contribution in [3.8, 4) is 5.75 Å². The van der Waals surface area contributed by atoms with Crippen LogP contribution in [0.2, 0.25) is 0 Å². The minimum absolute atomic E-state index is 0.223. The molecule has 0 saturated heterocycles. The summed E-state index contributed by atoms with van der Waals surface area (Å²) in [6, 6.07) is 8.34. The highest BCUT2D eigenvalue weighted by Gasteiger charge is 2.32. The van der Waals surface area contributed by atoms with Crippen LogP contribution in [0.15, 0.2) is 35.8 Å². The fourth-order valence-electron chi connectivity index (χ4n) is 2.51. The third kappa shape index (κ3) is 3.85. The molecular formula is C17H20N2O2S. The van der Waals surface area contributed by atoms with Gasteiger partial charge in [0.25, 0.3) is 0 Å². The van der Waals surface area contributed by atoms with Gasteiger partial charge in [-0.15, -0.1) is 11.3 Å². The van der Waals surface area contributed by atoms with Crippen molar-refractivity contribution in [1.29, 1.82) is 0 Å². The molecule has 1 fully saturated rings. The topological polar surface area (TPSA) is 42.4 Å². The van der Waals surface area contributed by atoms with Crippen molar-refractivity contribution in [2.45, 2.75) is 38.3 Å². The molecule has 5 heteroatoms. The lowest BCUT2D eigenvalue weighted by molar-refractivity contribution is -0.132. The van der Waals surface area contributed by atoms with Crippen LogP contribution in [0.25, 0.3) is 0 Å². The molecule has 0 spiro atoms. The number of rotatable bonds is 7. The van der Waals surface area contributed by atoms with Crippen LogP contribution in [-0.4, -0.2) is 28.9 Å². The summed E-state index contributed by atoms with van der Waals surface area (Å²) in [4.78, 5) is 18.8. The van der Waals surface area contributed by atoms with Gasteiger partial charge in [-0.3, -0.25) is 4.79 Å². The third-order valence-corrected chi connectivity index (χ3v) is 4.62. The van der Waals surface area contributed by atoms with E-state index in [0.29, 0.717) is 19.0 Å². The second kappa shape index (κ2) is 6.92. The highest BCUT2D eigenvalue weighted by molar-refractivity contribution is 7.09. The number of methoxy groups -OCH3 is 1. The first-order valence-corrected chi connectivity index (χ1v) is 8.45. The van der Waals surface area contributed by atoms with Gasteiger partial charge in [0.15, 0.2) is 0 Å². The Morgan fingerprint density at radius 2 is 2.32 bits per heavy atom. The second-order valence-electron chi connectivity index (χ2n) is 5.53. The van der Waals surface area contributed by atoms with Gasteiger partial charge in [-0.25, -0.2) is 4.98 Å². The van der Waals surface area contributed by atoms with Crippen LogP contribution in [0, 0.1) is 0 Å². The van der Waals surface area contributed by atoms with Gasteiger partial charge in [0.05, 0.1) is 13.7 Å². The van der Waals surface area contributed by atoms with Gasteiger partial charge in [0.1, 0.15) is 10.8 Å². The van der Waals surface area contributed by atoms with E-state index in [1.807, 2.05) is 34.5 Å². The predicted octanol–water partition coefficient (Wildman–Crippen LogP) is 3.28. The van der Waals surface area contributed by atoms with E-state index in [9.17, 15) is 4.79 Å². The summed E-state index contributed by atoms with van der Waals surface area (Å²) in [5.74, 6) is 1.06. The number of aryl methyl sites for hydroxylation is 1. The first kappa shape index (κ1) is 15.0. The molecule has 0 aliphatic heterocycles. The Morgan fingerprint density at radius 3 is 3.00 bits per heavy atom. The molecule has 0 unspecified atom stereocenters. The molecular weight excluding hydrogens is 296 g/mol. The predicted molar refractivity (Wildman–Crippen MR) is 87.0 cm³/mol. The van der Waals surface area contributed by atoms with Crippen LogP contribution >= 0.6 is 11.3 Å². The molecule has 116 valence electrons. The van der Waals surface area contributed by atoms with Gasteiger partial charge in [-0.1, -0.05) is 12.1 Å². The average molecular weight is 316 g/mol. The van der Waals surface area contributed by atoms with Gasteiger partial charge in [-0.2, -0.15) is 0 Å². The van der Waals surface area contributed by atoms with E-state index in [0.717, 1.165) is 35.6 Å². The number of ether oxygens (including phenoxy) is 1. The maximum atomic E-state index is 12.6. The zero-order valence-corrected chi connectivity index (χ0v) is 13.5. The Bertz CT molecular complexity index is 623. The van der Waals surface area contributed by atoms with Gasteiger partial charge < -0.3 is 9.64 Å². The largest absolute Gasteiger partial charge is 0.497 e. The molecule has 0 bridgehead atoms. The monoisotopic (exact) mass is 316 g/mol. The van der Waals surface area contributed by atoms with Crippen LogP contribution < -0.4 is 4.74 Å². The zero-order valence-electron chi connectivity index (χ0n) is 12.7. The summed E-state index contributed by atoms with van der Waals surface area (Å²) in [6.07, 6.45) is 5.32. The van der Waals surface area contributed by atoms with E-state index in [1.165, 1.54) is 0 Å². The molecule has 0 atom stereocenters. The maximum absolute atomic E-state index is 12.6. The average Bonchev–Trinajstić information content (AvgIpc) is 3.26. The molecule has 22 heavy (non-hydrogen) atoms. The van der Waals surface area contributed by atoms with Gasteiger partial charge in [0, 0.05) is 24.0 Å². The number of thiazole rings is 1. The van der Waals surface area contributed by atoms with Crippen molar-refractivity contribution in [3.63, 3.8) is 0 Å². The minimum Gasteiger partial charge on any atom is -0.497 e. The summed E-state index contributed by atoms with van der Waals surface area (Å²) >= 11 is 1.61. The standard InChI is InChI=1S/C17H20N2O2S/c1-21-15-4-2-3-13(11-15)5-8-17(20)19(14-6-7-14)12-16-18-9-10-22-16/h2-4,9-11,14H,5-8,12H2,1H3. The van der Waals surface area contributed by atoms with E-state index in [2.05, 4.69) is 4.98 Å². The molecule has 0 radical (unpaired) electrons. The quantitative estimate of drug-likeness (QED) is 0.787. The van der Waals surface area contributed by atoms with Crippen molar-refractivity contribution in [2.24, 2.45) is 0 Å². The van der Waals surface area contributed by atoms with Crippen molar-refractivity contribution >= 4 is 17.2 Å². The molecule has 4 nitrogen and oxygen atoms in total. The summed E-state index contributed by atoms with van der Waals surface area (Å²) in [6.45, 7) is 0.652. The Labute approximate surface area is 134 Å². The van der Waals surface area contributed by atoms with E-state index in [4.69, 9.17) is 4.74 Å². The van der Waals surface area contributed by atoms with Crippen LogP contribution in [0.1, 0.15) is 29.8 Å². The van der Waals surface area contributed by atoms with Crippen molar-refractivity contribution in [1.82, 2.24) is 9.88 Å². The normalized spacial score (nSPS) is 13.9. The highest BCUT2D eigenvalue weighted by atomic mass is 32.1. The molecule has 1 aromatic carbocycles. The molecule has 1 aliphatic carbocycles. The number of carbonyl (C=O) groups excluding carboxylic acids is 1. The second-order valence-corrected chi connectivity index (χ2v) is 6.51. The van der Waals surface area contributed by atoms with Crippen LogP contribution in [-0.2, 0) is 17.8 Å². The Morgan fingerprint density at radius 1 is 1.45 bits per heavy atom. The molecule has 1 aromatic heterocycles. The van der Waals surface area contributed by atoms with Gasteiger partial charge in [0.2, 0.25) is 5.91 Å². The molecule has 1 amide bonds. The zero-order chi connectivity index (χ0) is 15.4. The molecule has 3 rings (SSSR count). The molecule has 2 aromatic rings. The third-order valence-electron chi connectivity index (χ3n) is 3.86. The molecule has 1 heterocycles. The SMILES string of the molecule is COc1cccc(CCC(=O)N(Cc2nccs2)C2CC2)c1. The number of hydrogen-bond acceptors (Lipinski definition) is 4. The van der Waals surface area contributed by atoms with Crippen LogP contribution in [0.4, 0.5) is 0 Å². The summed E-state index contributed by atoms with van der Waals surface area (Å²) in [5.41, 5.74) is 1.14.